The van der Waals surface area contributed by atoms with Crippen LogP contribution in [0.1, 0.15) is 30.4 Å². The van der Waals surface area contributed by atoms with Gasteiger partial charge in [0.1, 0.15) is 5.82 Å². The number of hydrogen-bond acceptors (Lipinski definition) is 1. The number of halogens is 2. The first-order chi connectivity index (χ1) is 11.2. The Morgan fingerprint density at radius 2 is 1.87 bits per heavy atom. The van der Waals surface area contributed by atoms with Crippen LogP contribution in [0.3, 0.4) is 0 Å². The Labute approximate surface area is 144 Å². The molecule has 0 radical (unpaired) electrons. The summed E-state index contributed by atoms with van der Waals surface area (Å²) in [7, 11) is 0. The van der Waals surface area contributed by atoms with Crippen molar-refractivity contribution >= 4 is 21.5 Å². The molecule has 4 rings (SSSR count). The van der Waals surface area contributed by atoms with Crippen LogP contribution in [0.4, 0.5) is 4.39 Å². The molecule has 2 aliphatic heterocycles. The molecule has 2 aliphatic rings. The van der Waals surface area contributed by atoms with Gasteiger partial charge in [-0.15, -0.1) is 0 Å². The van der Waals surface area contributed by atoms with E-state index in [4.69, 9.17) is 0 Å². The van der Waals surface area contributed by atoms with E-state index >= 15 is 0 Å². The van der Waals surface area contributed by atoms with Crippen LogP contribution >= 0.6 is 15.9 Å². The van der Waals surface area contributed by atoms with Gasteiger partial charge in [0.15, 0.2) is 0 Å². The number of benzene rings is 2. The van der Waals surface area contributed by atoms with Crippen molar-refractivity contribution in [1.82, 2.24) is 4.90 Å². The fraction of sp³-hybridized carbons (Fsp3) is 0.300. The molecule has 1 fully saturated rings. The van der Waals surface area contributed by atoms with E-state index in [1.807, 2.05) is 12.1 Å². The van der Waals surface area contributed by atoms with Crippen molar-refractivity contribution < 1.29 is 4.39 Å². The van der Waals surface area contributed by atoms with Crippen LogP contribution in [0.15, 0.2) is 59.1 Å². The van der Waals surface area contributed by atoms with E-state index in [1.54, 1.807) is 6.07 Å². The predicted molar refractivity (Wildman–Crippen MR) is 95.5 cm³/mol. The van der Waals surface area contributed by atoms with E-state index in [1.165, 1.54) is 24.0 Å². The third kappa shape index (κ3) is 2.88. The molecule has 23 heavy (non-hydrogen) atoms. The van der Waals surface area contributed by atoms with Crippen molar-refractivity contribution in [3.63, 3.8) is 0 Å². The summed E-state index contributed by atoms with van der Waals surface area (Å²) in [5.74, 6) is -0.130. The van der Waals surface area contributed by atoms with Crippen LogP contribution in [-0.2, 0) is 6.54 Å². The molecule has 0 aromatic heterocycles. The summed E-state index contributed by atoms with van der Waals surface area (Å²) in [6.07, 6.45) is 5.61. The number of fused-ring (bicyclic) bond motifs is 2. The Kier molecular flexibility index (Phi) is 4.08. The van der Waals surface area contributed by atoms with Crippen LogP contribution in [0.2, 0.25) is 0 Å². The summed E-state index contributed by atoms with van der Waals surface area (Å²) in [4.78, 5) is 2.58. The molecule has 2 unspecified atom stereocenters. The lowest BCUT2D eigenvalue weighted by atomic mass is 9.94. The molecule has 2 atom stereocenters. The van der Waals surface area contributed by atoms with Crippen LogP contribution < -0.4 is 0 Å². The summed E-state index contributed by atoms with van der Waals surface area (Å²) >= 11 is 3.30. The summed E-state index contributed by atoms with van der Waals surface area (Å²) in [5, 5.41) is 0. The monoisotopic (exact) mass is 371 g/mol. The zero-order valence-electron chi connectivity index (χ0n) is 12.9. The first kappa shape index (κ1) is 15.1. The molecule has 0 N–H and O–H groups in total. The van der Waals surface area contributed by atoms with Gasteiger partial charge < -0.3 is 0 Å². The largest absolute Gasteiger partial charge is 0.289 e. The average molecular weight is 372 g/mol. The van der Waals surface area contributed by atoms with Crippen LogP contribution in [0, 0.1) is 5.82 Å². The lowest BCUT2D eigenvalue weighted by Gasteiger charge is -2.34. The average Bonchev–Trinajstić information content (AvgIpc) is 2.80. The van der Waals surface area contributed by atoms with E-state index in [-0.39, 0.29) is 5.82 Å². The molecule has 2 aromatic carbocycles. The Hall–Kier alpha value is -1.45. The van der Waals surface area contributed by atoms with Crippen molar-refractivity contribution in [2.45, 2.75) is 37.9 Å². The van der Waals surface area contributed by atoms with Gasteiger partial charge in [0.2, 0.25) is 0 Å². The van der Waals surface area contributed by atoms with Crippen LogP contribution in [0.5, 0.6) is 0 Å². The number of nitrogens with zero attached hydrogens (tertiary/aromatic N) is 1. The highest BCUT2D eigenvalue weighted by Gasteiger charge is 2.37. The number of hydrogen-bond donors (Lipinski definition) is 0. The van der Waals surface area contributed by atoms with E-state index in [9.17, 15) is 4.39 Å². The topological polar surface area (TPSA) is 3.24 Å². The molecule has 1 saturated heterocycles. The molecule has 3 heteroatoms. The Bertz CT molecular complexity index is 741. The molecular formula is C20H19BrFN. The summed E-state index contributed by atoms with van der Waals surface area (Å²) in [5.41, 5.74) is 3.28. The highest BCUT2D eigenvalue weighted by molar-refractivity contribution is 9.10. The van der Waals surface area contributed by atoms with Gasteiger partial charge in [0.05, 0.1) is 4.47 Å². The van der Waals surface area contributed by atoms with Gasteiger partial charge in [-0.1, -0.05) is 48.5 Å². The molecule has 2 heterocycles. The second-order valence-corrected chi connectivity index (χ2v) is 7.31. The third-order valence-corrected chi connectivity index (χ3v) is 5.66. The Balaban J connectivity index is 1.61. The van der Waals surface area contributed by atoms with Gasteiger partial charge >= 0.3 is 0 Å². The van der Waals surface area contributed by atoms with Crippen molar-refractivity contribution in [3.8, 4) is 0 Å². The quantitative estimate of drug-likeness (QED) is 0.697. The van der Waals surface area contributed by atoms with Crippen molar-refractivity contribution in [2.24, 2.45) is 0 Å². The lowest BCUT2D eigenvalue weighted by Crippen LogP contribution is -2.37. The maximum absolute atomic E-state index is 14.4. The normalized spacial score (nSPS) is 23.8. The SMILES string of the molecule is Fc1c(Br)cccc1C1=CC2CCC(C1)N2Cc1ccccc1. The van der Waals surface area contributed by atoms with Crippen LogP contribution in [-0.4, -0.2) is 17.0 Å². The van der Waals surface area contributed by atoms with Crippen LogP contribution in [0.25, 0.3) is 5.57 Å². The van der Waals surface area contributed by atoms with Gasteiger partial charge in [0.25, 0.3) is 0 Å². The zero-order valence-corrected chi connectivity index (χ0v) is 14.5. The number of rotatable bonds is 3. The molecule has 0 spiro atoms. The van der Waals surface area contributed by atoms with E-state index in [2.05, 4.69) is 57.2 Å². The first-order valence-corrected chi connectivity index (χ1v) is 8.96. The fourth-order valence-corrected chi connectivity index (χ4v) is 4.28. The van der Waals surface area contributed by atoms with Gasteiger partial charge in [-0.3, -0.25) is 4.90 Å². The first-order valence-electron chi connectivity index (χ1n) is 8.17. The highest BCUT2D eigenvalue weighted by Crippen LogP contribution is 2.40. The Morgan fingerprint density at radius 1 is 1.04 bits per heavy atom. The van der Waals surface area contributed by atoms with Crippen molar-refractivity contribution in [2.75, 3.05) is 0 Å². The molecule has 2 aromatic rings. The molecule has 0 aliphatic carbocycles. The molecule has 1 nitrogen and oxygen atoms in total. The van der Waals surface area contributed by atoms with Crippen molar-refractivity contribution in [1.29, 1.82) is 0 Å². The fourth-order valence-electron chi connectivity index (χ4n) is 3.91. The second-order valence-electron chi connectivity index (χ2n) is 6.45. The smallest absolute Gasteiger partial charge is 0.144 e. The molecule has 0 amide bonds. The van der Waals surface area contributed by atoms with E-state index in [0.717, 1.165) is 18.5 Å². The third-order valence-electron chi connectivity index (χ3n) is 5.05. The van der Waals surface area contributed by atoms with Gasteiger partial charge in [-0.2, -0.15) is 0 Å². The molecule has 0 saturated carbocycles. The minimum Gasteiger partial charge on any atom is -0.289 e. The minimum absolute atomic E-state index is 0.130. The summed E-state index contributed by atoms with van der Waals surface area (Å²) in [6.45, 7) is 0.987. The zero-order chi connectivity index (χ0) is 15.8. The Morgan fingerprint density at radius 3 is 2.65 bits per heavy atom. The van der Waals surface area contributed by atoms with Gasteiger partial charge in [-0.25, -0.2) is 4.39 Å². The van der Waals surface area contributed by atoms with Gasteiger partial charge in [-0.05, 0) is 52.4 Å². The summed E-state index contributed by atoms with van der Waals surface area (Å²) < 4.78 is 15.0. The molecule has 118 valence electrons. The van der Waals surface area contributed by atoms with E-state index in [0.29, 0.717) is 16.6 Å². The lowest BCUT2D eigenvalue weighted by molar-refractivity contribution is 0.203. The van der Waals surface area contributed by atoms with Gasteiger partial charge in [0, 0.05) is 24.2 Å². The van der Waals surface area contributed by atoms with Crippen molar-refractivity contribution in [3.05, 3.63) is 76.0 Å². The molecule has 2 bridgehead atoms. The highest BCUT2D eigenvalue weighted by atomic mass is 79.9. The van der Waals surface area contributed by atoms with E-state index < -0.39 is 0 Å². The molecular weight excluding hydrogens is 353 g/mol. The maximum atomic E-state index is 14.4. The standard InChI is InChI=1S/C20H19BrFN/c21-19-8-4-7-18(20(19)22)15-11-16-9-10-17(12-15)23(16)13-14-5-2-1-3-6-14/h1-8,11,16-17H,9-10,12-13H2. The second kappa shape index (κ2) is 6.21. The predicted octanol–water partition coefficient (Wildman–Crippen LogP) is 5.41. The summed E-state index contributed by atoms with van der Waals surface area (Å²) in [6, 6.07) is 17.2. The maximum Gasteiger partial charge on any atom is 0.144 e. The minimum atomic E-state index is -0.130.